The van der Waals surface area contributed by atoms with Crippen molar-refractivity contribution in [3.8, 4) is 11.3 Å². The van der Waals surface area contributed by atoms with Gasteiger partial charge in [-0.1, -0.05) is 61.0 Å². The Hall–Kier alpha value is -2.88. The molecule has 10 heteroatoms. The Kier molecular flexibility index (Phi) is 7.02. The SMILES string of the molecule is Bc1cnn2c(NCc3cccc(CNS(=O)(=O)CCC)c3)cc(-c3ccccc3Cl)nc12. The number of rotatable bonds is 9. The molecule has 0 aliphatic carbocycles. The van der Waals surface area contributed by atoms with E-state index in [1.165, 1.54) is 0 Å². The summed E-state index contributed by atoms with van der Waals surface area (Å²) in [6.45, 7) is 2.65. The van der Waals surface area contributed by atoms with Gasteiger partial charge in [0, 0.05) is 35.9 Å². The first kappa shape index (κ1) is 23.3. The standard InChI is InChI=1S/C23H25BClN5O2S/c1-2-10-33(31,32)28-14-17-7-5-6-16(11-17)13-26-22-12-21(18-8-3-4-9-20(18)25)29-23-19(24)15-27-30(22)23/h3-9,11-12,15,26,28H,2,10,13-14,24H2,1H3. The van der Waals surface area contributed by atoms with Gasteiger partial charge in [0.25, 0.3) is 0 Å². The molecule has 0 aliphatic rings. The highest BCUT2D eigenvalue weighted by Gasteiger charge is 2.13. The summed E-state index contributed by atoms with van der Waals surface area (Å²) in [5.74, 6) is 0.917. The second kappa shape index (κ2) is 9.95. The van der Waals surface area contributed by atoms with Crippen molar-refractivity contribution in [3.63, 3.8) is 0 Å². The summed E-state index contributed by atoms with van der Waals surface area (Å²) in [6, 6.07) is 17.4. The highest BCUT2D eigenvalue weighted by atomic mass is 35.5. The van der Waals surface area contributed by atoms with Crippen LogP contribution in [0.3, 0.4) is 0 Å². The minimum Gasteiger partial charge on any atom is -0.366 e. The largest absolute Gasteiger partial charge is 0.366 e. The van der Waals surface area contributed by atoms with Crippen molar-refractivity contribution in [2.24, 2.45) is 0 Å². The highest BCUT2D eigenvalue weighted by Crippen LogP contribution is 2.28. The monoisotopic (exact) mass is 481 g/mol. The number of nitrogens with one attached hydrogen (secondary N) is 2. The fourth-order valence-electron chi connectivity index (χ4n) is 3.58. The predicted octanol–water partition coefficient (Wildman–Crippen LogP) is 2.75. The van der Waals surface area contributed by atoms with E-state index in [1.54, 1.807) is 10.7 Å². The first-order valence-electron chi connectivity index (χ1n) is 10.8. The normalized spacial score (nSPS) is 11.7. The number of aromatic nitrogens is 3. The summed E-state index contributed by atoms with van der Waals surface area (Å²) in [5.41, 5.74) is 5.27. The molecule has 4 rings (SSSR count). The molecule has 0 amide bonds. The summed E-state index contributed by atoms with van der Waals surface area (Å²) >= 11 is 6.42. The predicted molar refractivity (Wildman–Crippen MR) is 136 cm³/mol. The van der Waals surface area contributed by atoms with Gasteiger partial charge in [-0.2, -0.15) is 9.61 Å². The number of halogens is 1. The van der Waals surface area contributed by atoms with Gasteiger partial charge in [-0.25, -0.2) is 18.1 Å². The van der Waals surface area contributed by atoms with Crippen molar-refractivity contribution in [2.45, 2.75) is 26.4 Å². The molecule has 0 fully saturated rings. The summed E-state index contributed by atoms with van der Waals surface area (Å²) < 4.78 is 28.3. The molecular weight excluding hydrogens is 457 g/mol. The topological polar surface area (TPSA) is 88.4 Å². The zero-order valence-electron chi connectivity index (χ0n) is 18.5. The fraction of sp³-hybridized carbons (Fsp3) is 0.217. The van der Waals surface area contributed by atoms with Gasteiger partial charge in [-0.3, -0.25) is 0 Å². The lowest BCUT2D eigenvalue weighted by Gasteiger charge is -2.13. The Morgan fingerprint density at radius 3 is 2.58 bits per heavy atom. The van der Waals surface area contributed by atoms with Crippen LogP contribution in [0, 0.1) is 0 Å². The summed E-state index contributed by atoms with van der Waals surface area (Å²) in [6.07, 6.45) is 2.37. The Morgan fingerprint density at radius 2 is 1.82 bits per heavy atom. The molecular formula is C23H25BClN5O2S. The molecule has 0 atom stereocenters. The molecule has 0 aliphatic heterocycles. The molecule has 2 aromatic heterocycles. The van der Waals surface area contributed by atoms with Gasteiger partial charge in [0.15, 0.2) is 5.65 Å². The molecule has 2 aromatic carbocycles. The van der Waals surface area contributed by atoms with Crippen LogP contribution in [0.1, 0.15) is 24.5 Å². The van der Waals surface area contributed by atoms with Gasteiger partial charge in [-0.15, -0.1) is 0 Å². The average molecular weight is 482 g/mol. The molecule has 0 saturated heterocycles. The van der Waals surface area contributed by atoms with Gasteiger partial charge in [0.05, 0.1) is 11.4 Å². The Bertz CT molecular complexity index is 1390. The molecule has 0 unspecified atom stereocenters. The maximum Gasteiger partial charge on any atom is 0.211 e. The van der Waals surface area contributed by atoms with E-state index in [0.717, 1.165) is 39.3 Å². The van der Waals surface area contributed by atoms with Crippen LogP contribution >= 0.6 is 11.6 Å². The lowest BCUT2D eigenvalue weighted by Crippen LogP contribution is -2.25. The van der Waals surface area contributed by atoms with E-state index in [2.05, 4.69) is 15.1 Å². The van der Waals surface area contributed by atoms with Gasteiger partial charge in [-0.05, 0) is 29.1 Å². The van der Waals surface area contributed by atoms with E-state index >= 15 is 0 Å². The number of hydrogen-bond acceptors (Lipinski definition) is 5. The zero-order chi connectivity index (χ0) is 23.4. The van der Waals surface area contributed by atoms with Crippen molar-refractivity contribution in [2.75, 3.05) is 11.1 Å². The van der Waals surface area contributed by atoms with Crippen molar-refractivity contribution < 1.29 is 8.42 Å². The second-order valence-electron chi connectivity index (χ2n) is 7.88. The molecule has 0 radical (unpaired) electrons. The molecule has 170 valence electrons. The summed E-state index contributed by atoms with van der Waals surface area (Å²) in [5, 5.41) is 8.54. The molecule has 2 N–H and O–H groups in total. The molecule has 33 heavy (non-hydrogen) atoms. The molecule has 0 spiro atoms. The first-order chi connectivity index (χ1) is 15.9. The minimum atomic E-state index is -3.25. The van der Waals surface area contributed by atoms with Crippen LogP contribution in [0.4, 0.5) is 5.82 Å². The molecule has 0 bridgehead atoms. The van der Waals surface area contributed by atoms with Crippen LogP contribution in [-0.2, 0) is 23.1 Å². The smallest absolute Gasteiger partial charge is 0.211 e. The fourth-order valence-corrected chi connectivity index (χ4v) is 4.88. The van der Waals surface area contributed by atoms with E-state index in [0.29, 0.717) is 18.0 Å². The second-order valence-corrected chi connectivity index (χ2v) is 10.2. The summed E-state index contributed by atoms with van der Waals surface area (Å²) in [7, 11) is -1.28. The number of nitrogens with zero attached hydrogens (tertiary/aromatic N) is 3. The highest BCUT2D eigenvalue weighted by molar-refractivity contribution is 7.89. The third-order valence-electron chi connectivity index (χ3n) is 5.23. The van der Waals surface area contributed by atoms with Crippen LogP contribution in [0.2, 0.25) is 5.02 Å². The molecule has 0 saturated carbocycles. The van der Waals surface area contributed by atoms with Crippen molar-refractivity contribution in [1.29, 1.82) is 0 Å². The Morgan fingerprint density at radius 1 is 1.06 bits per heavy atom. The maximum atomic E-state index is 12.0. The van der Waals surface area contributed by atoms with Crippen LogP contribution in [0.15, 0.2) is 60.8 Å². The van der Waals surface area contributed by atoms with Gasteiger partial charge >= 0.3 is 0 Å². The van der Waals surface area contributed by atoms with Crippen molar-refractivity contribution >= 4 is 46.4 Å². The average Bonchev–Trinajstić information content (AvgIpc) is 3.17. The van der Waals surface area contributed by atoms with Crippen molar-refractivity contribution in [1.82, 2.24) is 19.3 Å². The first-order valence-corrected chi connectivity index (χ1v) is 12.8. The van der Waals surface area contributed by atoms with Gasteiger partial charge in [0.2, 0.25) is 10.0 Å². The van der Waals surface area contributed by atoms with Gasteiger partial charge < -0.3 is 5.32 Å². The van der Waals surface area contributed by atoms with E-state index in [-0.39, 0.29) is 12.3 Å². The van der Waals surface area contributed by atoms with Crippen LogP contribution in [-0.4, -0.2) is 36.6 Å². The maximum absolute atomic E-state index is 12.0. The minimum absolute atomic E-state index is 0.128. The Labute approximate surface area is 199 Å². The summed E-state index contributed by atoms with van der Waals surface area (Å²) in [4.78, 5) is 4.77. The van der Waals surface area contributed by atoms with Crippen LogP contribution < -0.4 is 15.5 Å². The van der Waals surface area contributed by atoms with Crippen LogP contribution in [0.25, 0.3) is 16.9 Å². The molecule has 2 heterocycles. The lowest BCUT2D eigenvalue weighted by atomic mass is 10.0. The zero-order valence-corrected chi connectivity index (χ0v) is 20.1. The number of hydrogen-bond donors (Lipinski definition) is 2. The van der Waals surface area contributed by atoms with E-state index < -0.39 is 10.0 Å². The van der Waals surface area contributed by atoms with Crippen LogP contribution in [0.5, 0.6) is 0 Å². The molecule has 4 aromatic rings. The number of fused-ring (bicyclic) bond motifs is 1. The number of benzene rings is 2. The number of sulfonamides is 1. The Balaban J connectivity index is 1.57. The van der Waals surface area contributed by atoms with E-state index in [9.17, 15) is 8.42 Å². The van der Waals surface area contributed by atoms with Crippen molar-refractivity contribution in [3.05, 3.63) is 76.9 Å². The third-order valence-corrected chi connectivity index (χ3v) is 7.09. The quantitative estimate of drug-likeness (QED) is 0.359. The van der Waals surface area contributed by atoms with Gasteiger partial charge in [0.1, 0.15) is 13.7 Å². The number of anilines is 1. The van der Waals surface area contributed by atoms with E-state index in [1.807, 2.05) is 69.4 Å². The lowest BCUT2D eigenvalue weighted by molar-refractivity contribution is 0.580. The third kappa shape index (κ3) is 5.55. The van der Waals surface area contributed by atoms with E-state index in [4.69, 9.17) is 16.6 Å². The molecule has 7 nitrogen and oxygen atoms in total.